The van der Waals surface area contributed by atoms with Gasteiger partial charge in [-0.2, -0.15) is 8.42 Å². The number of amidine groups is 1. The number of rotatable bonds is 4. The van der Waals surface area contributed by atoms with Crippen LogP contribution in [0.5, 0.6) is 0 Å². The molecule has 0 radical (unpaired) electrons. The Morgan fingerprint density at radius 1 is 1.48 bits per heavy atom. The Kier molecular flexibility index (Phi) is 4.42. The van der Waals surface area contributed by atoms with Crippen LogP contribution in [0.25, 0.3) is 0 Å². The van der Waals surface area contributed by atoms with Crippen LogP contribution in [0.3, 0.4) is 0 Å². The molecule has 0 aliphatic carbocycles. The minimum absolute atomic E-state index is 0.0529. The highest BCUT2D eigenvalue weighted by atomic mass is 32.2. The van der Waals surface area contributed by atoms with Crippen LogP contribution in [0.15, 0.2) is 46.2 Å². The molecule has 1 saturated heterocycles. The summed E-state index contributed by atoms with van der Waals surface area (Å²) < 4.78 is 28.5. The predicted molar refractivity (Wildman–Crippen MR) is 81.8 cm³/mol. The number of benzene rings is 1. The van der Waals surface area contributed by atoms with Crippen LogP contribution in [0, 0.1) is 0 Å². The lowest BCUT2D eigenvalue weighted by Crippen LogP contribution is -2.20. The lowest BCUT2D eigenvalue weighted by atomic mass is 10.3. The van der Waals surface area contributed by atoms with Gasteiger partial charge in [-0.25, -0.2) is 0 Å². The number of amides is 1. The Labute approximate surface area is 124 Å². The maximum absolute atomic E-state index is 12.3. The topological polar surface area (TPSA) is 78.8 Å². The molecule has 0 spiro atoms. The molecule has 1 amide bonds. The first-order chi connectivity index (χ1) is 9.92. The molecule has 1 aliphatic rings. The maximum Gasteiger partial charge on any atom is 0.284 e. The highest BCUT2D eigenvalue weighted by Gasteiger charge is 2.20. The molecule has 0 unspecified atom stereocenters. The summed E-state index contributed by atoms with van der Waals surface area (Å²) in [5, 5.41) is 2.53. The van der Waals surface area contributed by atoms with E-state index in [1.807, 2.05) is 11.9 Å². The van der Waals surface area contributed by atoms with Crippen LogP contribution in [-0.4, -0.2) is 38.7 Å². The molecule has 0 bridgehead atoms. The molecule has 1 aromatic rings. The SMILES string of the molecule is C=CC(=O)Nc1cccc(S(=O)(=O)/N=C2\CCCN2C)c1. The van der Waals surface area contributed by atoms with Crippen LogP contribution < -0.4 is 5.32 Å². The highest BCUT2D eigenvalue weighted by molar-refractivity contribution is 7.90. The second-order valence-corrected chi connectivity index (χ2v) is 6.33. The van der Waals surface area contributed by atoms with Crippen molar-refractivity contribution in [2.45, 2.75) is 17.7 Å². The molecule has 2 rings (SSSR count). The van der Waals surface area contributed by atoms with E-state index in [1.165, 1.54) is 12.1 Å². The fourth-order valence-electron chi connectivity index (χ4n) is 2.03. The zero-order chi connectivity index (χ0) is 15.5. The first kappa shape index (κ1) is 15.2. The number of hydrogen-bond acceptors (Lipinski definition) is 3. The summed E-state index contributed by atoms with van der Waals surface area (Å²) in [5.41, 5.74) is 0.390. The molecule has 1 N–H and O–H groups in total. The van der Waals surface area contributed by atoms with Crippen molar-refractivity contribution in [3.8, 4) is 0 Å². The van der Waals surface area contributed by atoms with Crippen LogP contribution in [0.2, 0.25) is 0 Å². The molecule has 7 heteroatoms. The van der Waals surface area contributed by atoms with Gasteiger partial charge in [0.05, 0.1) is 4.90 Å². The predicted octanol–water partition coefficient (Wildman–Crippen LogP) is 1.62. The summed E-state index contributed by atoms with van der Waals surface area (Å²) in [4.78, 5) is 13.1. The number of carbonyl (C=O) groups excluding carboxylic acids is 1. The smallest absolute Gasteiger partial charge is 0.284 e. The van der Waals surface area contributed by atoms with E-state index in [0.717, 1.165) is 19.0 Å². The molecule has 1 aromatic carbocycles. The van der Waals surface area contributed by atoms with E-state index in [9.17, 15) is 13.2 Å². The number of hydrogen-bond donors (Lipinski definition) is 1. The Bertz CT molecular complexity index is 695. The second kappa shape index (κ2) is 6.09. The van der Waals surface area contributed by atoms with Gasteiger partial charge in [0.15, 0.2) is 0 Å². The lowest BCUT2D eigenvalue weighted by Gasteiger charge is -2.11. The standard InChI is InChI=1S/C14H17N3O3S/c1-3-14(18)15-11-6-4-7-12(10-11)21(19,20)16-13-8-5-9-17(13)2/h3-4,6-7,10H,1,5,8-9H2,2H3,(H,15,18)/b16-13+. The first-order valence-corrected chi connectivity index (χ1v) is 7.95. The van der Waals surface area contributed by atoms with Crippen molar-refractivity contribution in [3.63, 3.8) is 0 Å². The molecule has 1 aliphatic heterocycles. The van der Waals surface area contributed by atoms with Gasteiger partial charge in [0.2, 0.25) is 5.91 Å². The normalized spacial score (nSPS) is 17.0. The monoisotopic (exact) mass is 307 g/mol. The van der Waals surface area contributed by atoms with Crippen LogP contribution in [0.4, 0.5) is 5.69 Å². The first-order valence-electron chi connectivity index (χ1n) is 6.51. The van der Waals surface area contributed by atoms with Gasteiger partial charge in [-0.05, 0) is 30.7 Å². The average Bonchev–Trinajstić information content (AvgIpc) is 2.84. The van der Waals surface area contributed by atoms with E-state index in [0.29, 0.717) is 17.9 Å². The number of carbonyl (C=O) groups is 1. The summed E-state index contributed by atoms with van der Waals surface area (Å²) in [6.45, 7) is 4.16. The van der Waals surface area contributed by atoms with E-state index < -0.39 is 15.9 Å². The van der Waals surface area contributed by atoms with E-state index >= 15 is 0 Å². The third-order valence-corrected chi connectivity index (χ3v) is 4.45. The van der Waals surface area contributed by atoms with Crippen molar-refractivity contribution in [1.29, 1.82) is 0 Å². The van der Waals surface area contributed by atoms with Crippen molar-refractivity contribution in [1.82, 2.24) is 4.90 Å². The van der Waals surface area contributed by atoms with Gasteiger partial charge < -0.3 is 10.2 Å². The zero-order valence-corrected chi connectivity index (χ0v) is 12.6. The van der Waals surface area contributed by atoms with Gasteiger partial charge >= 0.3 is 0 Å². The molecule has 112 valence electrons. The average molecular weight is 307 g/mol. The Balaban J connectivity index is 2.30. The van der Waals surface area contributed by atoms with Gasteiger partial charge in [-0.15, -0.1) is 4.40 Å². The summed E-state index contributed by atoms with van der Waals surface area (Å²) in [6.07, 6.45) is 2.68. The minimum atomic E-state index is -3.77. The molecule has 21 heavy (non-hydrogen) atoms. The van der Waals surface area contributed by atoms with Gasteiger partial charge in [-0.1, -0.05) is 12.6 Å². The molecule has 0 saturated carbocycles. The molecule has 0 aromatic heterocycles. The zero-order valence-electron chi connectivity index (χ0n) is 11.7. The maximum atomic E-state index is 12.3. The summed E-state index contributed by atoms with van der Waals surface area (Å²) in [7, 11) is -1.95. The van der Waals surface area contributed by atoms with Crippen molar-refractivity contribution >= 4 is 27.5 Å². The van der Waals surface area contributed by atoms with Crippen molar-refractivity contribution in [2.24, 2.45) is 4.40 Å². The fraction of sp³-hybridized carbons (Fsp3) is 0.286. The Morgan fingerprint density at radius 2 is 2.24 bits per heavy atom. The molecular formula is C14H17N3O3S. The molecule has 1 fully saturated rings. The summed E-state index contributed by atoms with van der Waals surface area (Å²) >= 11 is 0. The molecule has 0 atom stereocenters. The van der Waals surface area contributed by atoms with Crippen molar-refractivity contribution in [2.75, 3.05) is 18.9 Å². The van der Waals surface area contributed by atoms with Gasteiger partial charge in [0, 0.05) is 25.7 Å². The van der Waals surface area contributed by atoms with E-state index in [4.69, 9.17) is 0 Å². The van der Waals surface area contributed by atoms with Gasteiger partial charge in [-0.3, -0.25) is 4.79 Å². The fourth-order valence-corrected chi connectivity index (χ4v) is 3.17. The van der Waals surface area contributed by atoms with Crippen LogP contribution in [0.1, 0.15) is 12.8 Å². The Hall–Kier alpha value is -2.15. The largest absolute Gasteiger partial charge is 0.362 e. The number of sulfonamides is 1. The number of anilines is 1. The van der Waals surface area contributed by atoms with Gasteiger partial charge in [0.1, 0.15) is 5.84 Å². The molecular weight excluding hydrogens is 290 g/mol. The third-order valence-electron chi connectivity index (χ3n) is 3.14. The third kappa shape index (κ3) is 3.69. The number of nitrogens with one attached hydrogen (secondary N) is 1. The number of nitrogens with zero attached hydrogens (tertiary/aromatic N) is 2. The van der Waals surface area contributed by atoms with Gasteiger partial charge in [0.25, 0.3) is 10.0 Å². The second-order valence-electron chi connectivity index (χ2n) is 4.73. The van der Waals surface area contributed by atoms with Crippen LogP contribution >= 0.6 is 0 Å². The summed E-state index contributed by atoms with van der Waals surface area (Å²) in [6, 6.07) is 6.01. The quantitative estimate of drug-likeness (QED) is 0.857. The highest BCUT2D eigenvalue weighted by Crippen LogP contribution is 2.20. The Morgan fingerprint density at radius 3 is 2.86 bits per heavy atom. The van der Waals surface area contributed by atoms with Crippen molar-refractivity contribution < 1.29 is 13.2 Å². The minimum Gasteiger partial charge on any atom is -0.362 e. The van der Waals surface area contributed by atoms with E-state index in [1.54, 1.807) is 12.1 Å². The molecule has 1 heterocycles. The van der Waals surface area contributed by atoms with E-state index in [-0.39, 0.29) is 4.90 Å². The van der Waals surface area contributed by atoms with Crippen molar-refractivity contribution in [3.05, 3.63) is 36.9 Å². The lowest BCUT2D eigenvalue weighted by molar-refractivity contribution is -0.111. The molecule has 6 nitrogen and oxygen atoms in total. The van der Waals surface area contributed by atoms with E-state index in [2.05, 4.69) is 16.3 Å². The summed E-state index contributed by atoms with van der Waals surface area (Å²) in [5.74, 6) is 0.168. The van der Waals surface area contributed by atoms with Crippen LogP contribution in [-0.2, 0) is 14.8 Å². The number of likely N-dealkylation sites (tertiary alicyclic amines) is 1.